The molecule has 0 amide bonds. The molecule has 4 nitrogen and oxygen atoms in total. The number of ether oxygens (including phenoxy) is 1. The molecule has 0 bridgehead atoms. The normalized spacial score (nSPS) is 9.93. The molecule has 0 aliphatic heterocycles. The zero-order valence-corrected chi connectivity index (χ0v) is 8.53. The Morgan fingerprint density at radius 3 is 3.00 bits per heavy atom. The van der Waals surface area contributed by atoms with Crippen LogP contribution in [0.15, 0.2) is 36.7 Å². The van der Waals surface area contributed by atoms with Crippen LogP contribution >= 0.6 is 0 Å². The Morgan fingerprint density at radius 1 is 1.40 bits per heavy atom. The molecule has 0 aliphatic carbocycles. The summed E-state index contributed by atoms with van der Waals surface area (Å²) in [6.45, 7) is 2.62. The minimum absolute atomic E-state index is 0.657. The lowest BCUT2D eigenvalue weighted by molar-refractivity contribution is 0.342. The van der Waals surface area contributed by atoms with Gasteiger partial charge in [0.2, 0.25) is 0 Å². The van der Waals surface area contributed by atoms with Crippen LogP contribution in [0.3, 0.4) is 0 Å². The lowest BCUT2D eigenvalue weighted by Gasteiger charge is -2.10. The third-order valence-corrected chi connectivity index (χ3v) is 1.96. The third-order valence-electron chi connectivity index (χ3n) is 1.96. The monoisotopic (exact) mass is 203 g/mol. The summed E-state index contributed by atoms with van der Waals surface area (Å²) in [6, 6.07) is 7.82. The van der Waals surface area contributed by atoms with E-state index in [-0.39, 0.29) is 0 Å². The van der Waals surface area contributed by atoms with E-state index < -0.39 is 0 Å². The first kappa shape index (κ1) is 9.58. The molecule has 2 aromatic rings. The van der Waals surface area contributed by atoms with Crippen molar-refractivity contribution in [3.05, 3.63) is 36.7 Å². The lowest BCUT2D eigenvalue weighted by atomic mass is 10.3. The van der Waals surface area contributed by atoms with Crippen molar-refractivity contribution in [3.8, 4) is 5.75 Å². The fourth-order valence-electron chi connectivity index (χ4n) is 1.33. The minimum Gasteiger partial charge on any atom is -0.492 e. The largest absolute Gasteiger partial charge is 0.492 e. The highest BCUT2D eigenvalue weighted by Crippen LogP contribution is 2.26. The molecule has 1 aromatic heterocycles. The van der Waals surface area contributed by atoms with Gasteiger partial charge in [-0.1, -0.05) is 12.1 Å². The quantitative estimate of drug-likeness (QED) is 0.802. The average molecular weight is 203 g/mol. The van der Waals surface area contributed by atoms with Crippen molar-refractivity contribution < 1.29 is 4.74 Å². The van der Waals surface area contributed by atoms with Crippen molar-refractivity contribution in [2.24, 2.45) is 0 Å². The van der Waals surface area contributed by atoms with Gasteiger partial charge in [0, 0.05) is 6.20 Å². The fraction of sp³-hybridized carbons (Fsp3) is 0.182. The summed E-state index contributed by atoms with van der Waals surface area (Å²) < 4.78 is 5.49. The van der Waals surface area contributed by atoms with E-state index in [4.69, 9.17) is 4.74 Å². The Hall–Kier alpha value is -1.97. The Morgan fingerprint density at radius 2 is 2.27 bits per heavy atom. The smallest absolute Gasteiger partial charge is 0.142 e. The van der Waals surface area contributed by atoms with Crippen molar-refractivity contribution in [2.75, 3.05) is 11.9 Å². The maximum absolute atomic E-state index is 5.49. The molecule has 0 spiro atoms. The standard InChI is InChI=1S/C11H13N3O/c1-2-15-11-6-4-3-5-10(11)14-9-7-12-13-8-9/h3-8,14H,2H2,1H3,(H,12,13). The molecular weight excluding hydrogens is 190 g/mol. The molecule has 0 atom stereocenters. The van der Waals surface area contributed by atoms with Crippen LogP contribution in [0, 0.1) is 0 Å². The third kappa shape index (κ3) is 2.28. The number of aromatic nitrogens is 2. The number of rotatable bonds is 4. The highest BCUT2D eigenvalue weighted by molar-refractivity contribution is 5.65. The summed E-state index contributed by atoms with van der Waals surface area (Å²) in [6.07, 6.45) is 3.52. The number of H-pyrrole nitrogens is 1. The van der Waals surface area contributed by atoms with Crippen LogP contribution < -0.4 is 10.1 Å². The molecule has 0 fully saturated rings. The van der Waals surface area contributed by atoms with Crippen LogP contribution in [-0.4, -0.2) is 16.8 Å². The molecule has 0 saturated heterocycles. The van der Waals surface area contributed by atoms with Crippen LogP contribution in [0.2, 0.25) is 0 Å². The Bertz CT molecular complexity index is 412. The molecular formula is C11H13N3O. The number of benzene rings is 1. The number of nitrogens with one attached hydrogen (secondary N) is 2. The van der Waals surface area contributed by atoms with E-state index in [0.29, 0.717) is 6.61 Å². The van der Waals surface area contributed by atoms with Crippen molar-refractivity contribution in [1.82, 2.24) is 10.2 Å². The second-order valence-corrected chi connectivity index (χ2v) is 3.04. The maximum atomic E-state index is 5.49. The van der Waals surface area contributed by atoms with Gasteiger partial charge < -0.3 is 10.1 Å². The second kappa shape index (κ2) is 4.50. The Labute approximate surface area is 88.3 Å². The number of hydrogen-bond donors (Lipinski definition) is 2. The van der Waals surface area contributed by atoms with Crippen LogP contribution in [0.5, 0.6) is 5.75 Å². The molecule has 78 valence electrons. The molecule has 2 rings (SSSR count). The molecule has 0 saturated carbocycles. The van der Waals surface area contributed by atoms with E-state index in [0.717, 1.165) is 17.1 Å². The zero-order valence-electron chi connectivity index (χ0n) is 8.53. The first-order chi connectivity index (χ1) is 7.40. The van der Waals surface area contributed by atoms with E-state index in [9.17, 15) is 0 Å². The van der Waals surface area contributed by atoms with Gasteiger partial charge in [0.25, 0.3) is 0 Å². The van der Waals surface area contributed by atoms with E-state index in [1.54, 1.807) is 12.4 Å². The van der Waals surface area contributed by atoms with E-state index in [2.05, 4.69) is 15.5 Å². The molecule has 1 aromatic carbocycles. The number of para-hydroxylation sites is 2. The molecule has 2 N–H and O–H groups in total. The lowest BCUT2D eigenvalue weighted by Crippen LogP contribution is -1.96. The van der Waals surface area contributed by atoms with Gasteiger partial charge in [0.05, 0.1) is 24.2 Å². The highest BCUT2D eigenvalue weighted by atomic mass is 16.5. The molecule has 1 heterocycles. The number of aromatic amines is 1. The summed E-state index contributed by atoms with van der Waals surface area (Å²) >= 11 is 0. The number of nitrogens with zero attached hydrogens (tertiary/aromatic N) is 1. The average Bonchev–Trinajstić information content (AvgIpc) is 2.74. The molecule has 0 unspecified atom stereocenters. The van der Waals surface area contributed by atoms with Crippen LogP contribution in [0.25, 0.3) is 0 Å². The van der Waals surface area contributed by atoms with E-state index in [1.165, 1.54) is 0 Å². The molecule has 15 heavy (non-hydrogen) atoms. The first-order valence-electron chi connectivity index (χ1n) is 4.88. The van der Waals surface area contributed by atoms with Gasteiger partial charge in [0.1, 0.15) is 5.75 Å². The Kier molecular flexibility index (Phi) is 2.88. The predicted molar refractivity (Wildman–Crippen MR) is 59.5 cm³/mol. The van der Waals surface area contributed by atoms with Crippen molar-refractivity contribution >= 4 is 11.4 Å². The van der Waals surface area contributed by atoms with E-state index in [1.807, 2.05) is 31.2 Å². The van der Waals surface area contributed by atoms with Crippen LogP contribution in [0.1, 0.15) is 6.92 Å². The maximum Gasteiger partial charge on any atom is 0.142 e. The topological polar surface area (TPSA) is 49.9 Å². The summed E-state index contributed by atoms with van der Waals surface area (Å²) in [5.74, 6) is 0.848. The minimum atomic E-state index is 0.657. The summed E-state index contributed by atoms with van der Waals surface area (Å²) in [7, 11) is 0. The highest BCUT2D eigenvalue weighted by Gasteiger charge is 2.02. The van der Waals surface area contributed by atoms with Gasteiger partial charge in [-0.05, 0) is 19.1 Å². The van der Waals surface area contributed by atoms with Gasteiger partial charge in [-0.3, -0.25) is 5.10 Å². The van der Waals surface area contributed by atoms with Crippen molar-refractivity contribution in [2.45, 2.75) is 6.92 Å². The van der Waals surface area contributed by atoms with Gasteiger partial charge >= 0.3 is 0 Å². The van der Waals surface area contributed by atoms with Crippen molar-refractivity contribution in [3.63, 3.8) is 0 Å². The molecule has 0 radical (unpaired) electrons. The Balaban J connectivity index is 2.20. The van der Waals surface area contributed by atoms with Crippen molar-refractivity contribution in [1.29, 1.82) is 0 Å². The zero-order chi connectivity index (χ0) is 10.5. The van der Waals surface area contributed by atoms with Gasteiger partial charge in [-0.25, -0.2) is 0 Å². The van der Waals surface area contributed by atoms with Gasteiger partial charge in [0.15, 0.2) is 0 Å². The second-order valence-electron chi connectivity index (χ2n) is 3.04. The molecule has 4 heteroatoms. The van der Waals surface area contributed by atoms with Gasteiger partial charge in [-0.15, -0.1) is 0 Å². The summed E-state index contributed by atoms with van der Waals surface area (Å²) in [5, 5.41) is 9.83. The first-order valence-corrected chi connectivity index (χ1v) is 4.88. The summed E-state index contributed by atoms with van der Waals surface area (Å²) in [4.78, 5) is 0. The van der Waals surface area contributed by atoms with Crippen LogP contribution in [0.4, 0.5) is 11.4 Å². The fourth-order valence-corrected chi connectivity index (χ4v) is 1.33. The predicted octanol–water partition coefficient (Wildman–Crippen LogP) is 2.55. The van der Waals surface area contributed by atoms with Crippen LogP contribution in [-0.2, 0) is 0 Å². The SMILES string of the molecule is CCOc1ccccc1Nc1cn[nH]c1. The molecule has 0 aliphatic rings. The van der Waals surface area contributed by atoms with E-state index >= 15 is 0 Å². The van der Waals surface area contributed by atoms with Gasteiger partial charge in [-0.2, -0.15) is 5.10 Å². The number of hydrogen-bond acceptors (Lipinski definition) is 3. The number of anilines is 2. The summed E-state index contributed by atoms with van der Waals surface area (Å²) in [5.41, 5.74) is 1.86.